The minimum absolute atomic E-state index is 0.317. The van der Waals surface area contributed by atoms with E-state index >= 15 is 0 Å². The lowest BCUT2D eigenvalue weighted by Gasteiger charge is -2.30. The lowest BCUT2D eigenvalue weighted by Crippen LogP contribution is -2.19. The highest BCUT2D eigenvalue weighted by Gasteiger charge is 2.26. The normalized spacial score (nSPS) is 19.9. The maximum absolute atomic E-state index is 11.0. The second kappa shape index (κ2) is 10.1. The Balaban J connectivity index is 1.14. The first-order valence-corrected chi connectivity index (χ1v) is 13.1. The van der Waals surface area contributed by atoms with Crippen molar-refractivity contribution in [1.29, 1.82) is 0 Å². The summed E-state index contributed by atoms with van der Waals surface area (Å²) in [7, 11) is 0. The van der Waals surface area contributed by atoms with Gasteiger partial charge in [-0.1, -0.05) is 29.9 Å². The highest BCUT2D eigenvalue weighted by molar-refractivity contribution is 5.84. The monoisotopic (exact) mass is 490 g/mol. The Morgan fingerprint density at radius 2 is 1.78 bits per heavy atom. The topological polar surface area (TPSA) is 91.8 Å². The van der Waals surface area contributed by atoms with Crippen LogP contribution in [0.5, 0.6) is 0 Å². The highest BCUT2D eigenvalue weighted by Crippen LogP contribution is 2.39. The van der Waals surface area contributed by atoms with Crippen LogP contribution in [0.25, 0.3) is 39.3 Å². The molecule has 2 aliphatic carbocycles. The summed E-state index contributed by atoms with van der Waals surface area (Å²) in [6.07, 6.45) is 14.9. The third kappa shape index (κ3) is 5.10. The minimum Gasteiger partial charge on any atom is -0.481 e. The average Bonchev–Trinajstić information content (AvgIpc) is 3.38. The molecule has 0 amide bonds. The summed E-state index contributed by atoms with van der Waals surface area (Å²) in [5.74, 6) is 1.10. The third-order valence-electron chi connectivity index (χ3n) is 7.83. The fourth-order valence-corrected chi connectivity index (χ4v) is 5.75. The number of pyridine rings is 2. The van der Waals surface area contributed by atoms with Crippen molar-refractivity contribution in [3.63, 3.8) is 0 Å². The maximum atomic E-state index is 11.0. The number of nitrogens with one attached hydrogen (secondary N) is 1. The summed E-state index contributed by atoms with van der Waals surface area (Å²) in [6.45, 7) is 0. The van der Waals surface area contributed by atoms with Gasteiger partial charge in [0.2, 0.25) is 0 Å². The number of allylic oxidation sites excluding steroid dienone is 4. The molecule has 1 fully saturated rings. The van der Waals surface area contributed by atoms with Crippen LogP contribution in [0.1, 0.15) is 50.6 Å². The quantitative estimate of drug-likeness (QED) is 0.301. The van der Waals surface area contributed by atoms with E-state index in [9.17, 15) is 4.79 Å². The number of benzene rings is 1. The van der Waals surface area contributed by atoms with Crippen LogP contribution in [0.4, 0.5) is 0 Å². The second-order valence-electron chi connectivity index (χ2n) is 10.2. The molecule has 6 heteroatoms. The van der Waals surface area contributed by atoms with Gasteiger partial charge in [0.05, 0.1) is 22.4 Å². The van der Waals surface area contributed by atoms with Crippen LogP contribution in [0, 0.1) is 11.8 Å². The van der Waals surface area contributed by atoms with Gasteiger partial charge in [-0.3, -0.25) is 14.8 Å². The van der Waals surface area contributed by atoms with Gasteiger partial charge in [-0.15, -0.1) is 0 Å². The van der Waals surface area contributed by atoms with Crippen LogP contribution >= 0.6 is 0 Å². The van der Waals surface area contributed by atoms with E-state index in [4.69, 9.17) is 15.1 Å². The van der Waals surface area contributed by atoms with E-state index in [1.807, 2.05) is 30.5 Å². The first-order valence-electron chi connectivity index (χ1n) is 13.1. The molecule has 37 heavy (non-hydrogen) atoms. The average molecular weight is 491 g/mol. The molecule has 2 aliphatic rings. The van der Waals surface area contributed by atoms with Crippen LogP contribution in [0.2, 0.25) is 0 Å². The number of hydrogen-bond acceptors (Lipinski definition) is 4. The molecule has 6 nitrogen and oxygen atoms in total. The van der Waals surface area contributed by atoms with E-state index in [1.54, 1.807) is 6.20 Å². The molecule has 0 unspecified atom stereocenters. The van der Waals surface area contributed by atoms with Gasteiger partial charge in [-0.05, 0) is 92.3 Å². The standard InChI is InChI=1S/C31H30N4O2/c36-30(37)17-20-4-6-21(7-5-20)22-8-10-23(11-9-22)27-14-13-25(19-33-27)31-34-28-15-12-24(18-29(28)35-31)26-3-1-2-16-32-26/h1-3,8,10,12-16,18-21H,4-7,9,11,17H2,(H,34,35)(H,36,37). The van der Waals surface area contributed by atoms with E-state index in [2.05, 4.69) is 46.4 Å². The van der Waals surface area contributed by atoms with E-state index in [-0.39, 0.29) is 0 Å². The fraction of sp³-hybridized carbons (Fsp3) is 0.290. The summed E-state index contributed by atoms with van der Waals surface area (Å²) in [5, 5.41) is 9.05. The summed E-state index contributed by atoms with van der Waals surface area (Å²) in [4.78, 5) is 28.4. The first-order chi connectivity index (χ1) is 18.1. The molecule has 0 spiro atoms. The number of imidazole rings is 1. The summed E-state index contributed by atoms with van der Waals surface area (Å²) in [5.41, 5.74) is 8.63. The van der Waals surface area contributed by atoms with Crippen molar-refractivity contribution in [2.45, 2.75) is 44.9 Å². The molecular weight excluding hydrogens is 460 g/mol. The number of fused-ring (bicyclic) bond motifs is 1. The van der Waals surface area contributed by atoms with Gasteiger partial charge in [0.15, 0.2) is 0 Å². The molecule has 3 heterocycles. The van der Waals surface area contributed by atoms with Crippen LogP contribution in [-0.4, -0.2) is 31.0 Å². The third-order valence-corrected chi connectivity index (χ3v) is 7.83. The first kappa shape index (κ1) is 23.3. The molecule has 4 aromatic rings. The van der Waals surface area contributed by atoms with Crippen molar-refractivity contribution in [3.8, 4) is 22.6 Å². The number of rotatable bonds is 6. The molecule has 186 valence electrons. The number of carboxylic acid groups (broad SMARTS) is 1. The van der Waals surface area contributed by atoms with E-state index < -0.39 is 5.97 Å². The zero-order valence-corrected chi connectivity index (χ0v) is 20.7. The Bertz CT molecular complexity index is 1480. The van der Waals surface area contributed by atoms with Gasteiger partial charge >= 0.3 is 5.97 Å². The summed E-state index contributed by atoms with van der Waals surface area (Å²) >= 11 is 0. The zero-order valence-electron chi connectivity index (χ0n) is 20.7. The number of carbonyl (C=O) groups is 1. The Morgan fingerprint density at radius 1 is 0.919 bits per heavy atom. The predicted octanol–water partition coefficient (Wildman–Crippen LogP) is 7.07. The number of aromatic amines is 1. The van der Waals surface area contributed by atoms with Crippen LogP contribution in [0.15, 0.2) is 78.6 Å². The lowest BCUT2D eigenvalue weighted by atomic mass is 9.75. The molecule has 0 saturated heterocycles. The van der Waals surface area contributed by atoms with Crippen molar-refractivity contribution >= 4 is 22.6 Å². The van der Waals surface area contributed by atoms with E-state index in [0.717, 1.165) is 77.9 Å². The molecule has 2 N–H and O–H groups in total. The molecule has 0 atom stereocenters. The molecule has 1 aromatic carbocycles. The van der Waals surface area contributed by atoms with Crippen molar-refractivity contribution in [2.24, 2.45) is 11.8 Å². The number of aliphatic carboxylic acids is 1. The zero-order chi connectivity index (χ0) is 25.2. The van der Waals surface area contributed by atoms with Gasteiger partial charge in [0.25, 0.3) is 0 Å². The molecular formula is C31H30N4O2. The maximum Gasteiger partial charge on any atom is 0.303 e. The van der Waals surface area contributed by atoms with Crippen molar-refractivity contribution in [2.75, 3.05) is 0 Å². The fourth-order valence-electron chi connectivity index (χ4n) is 5.75. The van der Waals surface area contributed by atoms with Crippen LogP contribution in [0.3, 0.4) is 0 Å². The number of aromatic nitrogens is 4. The van der Waals surface area contributed by atoms with Crippen molar-refractivity contribution < 1.29 is 9.90 Å². The summed E-state index contributed by atoms with van der Waals surface area (Å²) in [6, 6.07) is 16.3. The highest BCUT2D eigenvalue weighted by atomic mass is 16.4. The van der Waals surface area contributed by atoms with E-state index in [0.29, 0.717) is 18.3 Å². The Labute approximate surface area is 216 Å². The van der Waals surface area contributed by atoms with Crippen LogP contribution in [-0.2, 0) is 4.79 Å². The SMILES string of the molecule is O=C(O)CC1CCC(C2=CC=C(c3ccc(-c4nc5cc(-c6ccccn6)ccc5[nH]4)cn3)CC2)CC1. The predicted molar refractivity (Wildman–Crippen MR) is 146 cm³/mol. The molecule has 3 aromatic heterocycles. The summed E-state index contributed by atoms with van der Waals surface area (Å²) < 4.78 is 0. The Morgan fingerprint density at radius 3 is 2.49 bits per heavy atom. The minimum atomic E-state index is -0.665. The van der Waals surface area contributed by atoms with Gasteiger partial charge in [0.1, 0.15) is 5.82 Å². The largest absolute Gasteiger partial charge is 0.481 e. The number of carboxylic acids is 1. The molecule has 6 rings (SSSR count). The lowest BCUT2D eigenvalue weighted by molar-refractivity contribution is -0.138. The second-order valence-corrected chi connectivity index (χ2v) is 10.2. The molecule has 0 radical (unpaired) electrons. The van der Waals surface area contributed by atoms with Crippen LogP contribution < -0.4 is 0 Å². The molecule has 1 saturated carbocycles. The Kier molecular flexibility index (Phi) is 6.39. The van der Waals surface area contributed by atoms with Gasteiger partial charge in [0, 0.05) is 29.9 Å². The molecule has 0 bridgehead atoms. The Hall–Kier alpha value is -4.06. The smallest absolute Gasteiger partial charge is 0.303 e. The van der Waals surface area contributed by atoms with Crippen molar-refractivity contribution in [3.05, 3.63) is 84.3 Å². The van der Waals surface area contributed by atoms with Gasteiger partial charge < -0.3 is 10.1 Å². The van der Waals surface area contributed by atoms with Gasteiger partial charge in [-0.2, -0.15) is 0 Å². The number of nitrogens with zero attached hydrogens (tertiary/aromatic N) is 3. The van der Waals surface area contributed by atoms with Crippen molar-refractivity contribution in [1.82, 2.24) is 19.9 Å². The number of hydrogen-bond donors (Lipinski definition) is 2. The molecule has 0 aliphatic heterocycles. The van der Waals surface area contributed by atoms with E-state index in [1.165, 1.54) is 11.1 Å². The number of H-pyrrole nitrogens is 1. The van der Waals surface area contributed by atoms with Gasteiger partial charge in [-0.25, -0.2) is 4.98 Å².